The zero-order valence-electron chi connectivity index (χ0n) is 17.0. The maximum absolute atomic E-state index is 12.7. The van der Waals surface area contributed by atoms with Crippen molar-refractivity contribution >= 4 is 22.9 Å². The lowest BCUT2D eigenvalue weighted by molar-refractivity contribution is 0.0952. The molecule has 0 saturated heterocycles. The number of hydrogen-bond acceptors (Lipinski definition) is 3. The van der Waals surface area contributed by atoms with Crippen LogP contribution in [-0.2, 0) is 5.54 Å². The van der Waals surface area contributed by atoms with Crippen molar-refractivity contribution < 1.29 is 13.6 Å². The van der Waals surface area contributed by atoms with E-state index in [1.54, 1.807) is 0 Å². The van der Waals surface area contributed by atoms with Crippen LogP contribution < -0.4 is 10.6 Å². The first kappa shape index (κ1) is 19.0. The van der Waals surface area contributed by atoms with Gasteiger partial charge in [0.15, 0.2) is 0 Å². The topological polar surface area (TPSA) is 69.3 Å². The first-order valence-electron chi connectivity index (χ1n) is 10.4. The second-order valence-corrected chi connectivity index (χ2v) is 8.28. The van der Waals surface area contributed by atoms with Crippen LogP contribution in [0.5, 0.6) is 0 Å². The molecule has 1 atom stereocenters. The van der Waals surface area contributed by atoms with Gasteiger partial charge in [0.2, 0.25) is 0 Å². The van der Waals surface area contributed by atoms with Crippen molar-refractivity contribution in [2.24, 2.45) is 4.99 Å². The maximum atomic E-state index is 12.7. The van der Waals surface area contributed by atoms with Crippen LogP contribution in [0.1, 0.15) is 54.7 Å². The summed E-state index contributed by atoms with van der Waals surface area (Å²) in [4.78, 5) is 20.1. The Labute approximate surface area is 173 Å². The molecular weight excluding hydrogens is 386 g/mol. The quantitative estimate of drug-likeness (QED) is 0.682. The predicted octanol–water partition coefficient (Wildman–Crippen LogP) is 4.73. The number of anilines is 1. The Morgan fingerprint density at radius 3 is 2.77 bits per heavy atom. The highest BCUT2D eigenvalue weighted by Crippen LogP contribution is 2.51. The zero-order valence-corrected chi connectivity index (χ0v) is 17.0. The number of aromatic nitrogens is 1. The molecule has 0 radical (unpaired) electrons. The number of alkyl halides is 2. The minimum atomic E-state index is -2.47. The number of rotatable bonds is 4. The first-order chi connectivity index (χ1) is 14.4. The van der Waals surface area contributed by atoms with Gasteiger partial charge in [0.1, 0.15) is 6.54 Å². The van der Waals surface area contributed by atoms with Gasteiger partial charge < -0.3 is 15.6 Å². The molecule has 1 unspecified atom stereocenters. The van der Waals surface area contributed by atoms with E-state index in [-0.39, 0.29) is 17.5 Å². The van der Waals surface area contributed by atoms with Gasteiger partial charge >= 0.3 is 0 Å². The van der Waals surface area contributed by atoms with E-state index in [4.69, 9.17) is 0 Å². The Bertz CT molecular complexity index is 1090. The highest BCUT2D eigenvalue weighted by atomic mass is 19.3. The lowest BCUT2D eigenvalue weighted by Crippen LogP contribution is -2.26. The summed E-state index contributed by atoms with van der Waals surface area (Å²) < 4.78 is 25.5. The van der Waals surface area contributed by atoms with Crippen LogP contribution in [0.2, 0.25) is 0 Å². The van der Waals surface area contributed by atoms with Crippen molar-refractivity contribution in [1.82, 2.24) is 10.3 Å². The van der Waals surface area contributed by atoms with Crippen LogP contribution in [0, 0.1) is 0 Å². The molecule has 1 aromatic carbocycles. The van der Waals surface area contributed by atoms with E-state index in [1.807, 2.05) is 37.3 Å². The highest BCUT2D eigenvalue weighted by Gasteiger charge is 2.53. The molecule has 156 valence electrons. The Hall–Kier alpha value is -2.96. The molecule has 1 amide bonds. The minimum absolute atomic E-state index is 0.0218. The van der Waals surface area contributed by atoms with E-state index < -0.39 is 13.0 Å². The number of carbonyl (C=O) groups excluding carboxylic acids is 1. The number of aromatic amines is 1. The third kappa shape index (κ3) is 2.95. The Morgan fingerprint density at radius 1 is 1.27 bits per heavy atom. The van der Waals surface area contributed by atoms with Crippen LogP contribution in [0.4, 0.5) is 14.5 Å². The number of hydrogen-bond donors (Lipinski definition) is 3. The number of carbonyl (C=O) groups is 1. The van der Waals surface area contributed by atoms with Gasteiger partial charge in [0, 0.05) is 22.5 Å². The number of halogens is 2. The summed E-state index contributed by atoms with van der Waals surface area (Å²) in [6, 6.07) is 7.76. The minimum Gasteiger partial charge on any atom is -0.376 e. The number of aliphatic imine (C=N–C) groups is 1. The number of fused-ring (bicyclic) bond motifs is 3. The van der Waals surface area contributed by atoms with Gasteiger partial charge in [-0.1, -0.05) is 19.1 Å². The fourth-order valence-corrected chi connectivity index (χ4v) is 4.57. The van der Waals surface area contributed by atoms with Gasteiger partial charge in [-0.15, -0.1) is 0 Å². The van der Waals surface area contributed by atoms with Gasteiger partial charge in [-0.2, -0.15) is 0 Å². The van der Waals surface area contributed by atoms with Crippen molar-refractivity contribution in [2.45, 2.75) is 51.1 Å². The molecule has 2 aromatic rings. The van der Waals surface area contributed by atoms with Gasteiger partial charge in [-0.3, -0.25) is 9.79 Å². The molecule has 1 aromatic heterocycles. The number of amides is 1. The average Bonchev–Trinajstić information content (AvgIpc) is 3.30. The van der Waals surface area contributed by atoms with Gasteiger partial charge in [0.25, 0.3) is 12.3 Å². The van der Waals surface area contributed by atoms with Crippen molar-refractivity contribution in [3.63, 3.8) is 0 Å². The molecule has 7 heteroatoms. The van der Waals surface area contributed by atoms with E-state index in [0.717, 1.165) is 58.6 Å². The standard InChI is InChI=1S/C23H24F2N4O/c1-3-13-9-17(26-11-19(24)25)12(2)27-16-6-4-5-14(20(13)16)18-10-15-21(28-18)23(7-8-23)29-22(15)30/h4-6,9-10,12,19,27-28H,3,7-8,11H2,1-2H3,(H,29,30). The summed E-state index contributed by atoms with van der Waals surface area (Å²) in [5.74, 6) is -0.0218. The molecule has 1 aliphatic carbocycles. The van der Waals surface area contributed by atoms with Gasteiger partial charge in [-0.25, -0.2) is 8.78 Å². The molecule has 3 heterocycles. The normalized spacial score (nSPS) is 22.4. The van der Waals surface area contributed by atoms with Crippen molar-refractivity contribution in [3.05, 3.63) is 47.2 Å². The van der Waals surface area contributed by atoms with E-state index >= 15 is 0 Å². The van der Waals surface area contributed by atoms with E-state index in [0.29, 0.717) is 5.71 Å². The second kappa shape index (κ2) is 6.79. The molecule has 1 spiro atoms. The number of nitrogens with zero attached hydrogens (tertiary/aromatic N) is 1. The number of H-pyrrole nitrogens is 1. The SMILES string of the molecule is CCC1=CC(=NCC(F)F)C(C)Nc2cccc(-c3cc4c([nH]3)C3(CC3)NC4=O)c21. The molecule has 1 fully saturated rings. The van der Waals surface area contributed by atoms with Gasteiger partial charge in [0.05, 0.1) is 28.5 Å². The summed E-state index contributed by atoms with van der Waals surface area (Å²) in [5, 5.41) is 6.52. The number of nitrogens with one attached hydrogen (secondary N) is 3. The maximum Gasteiger partial charge on any atom is 0.257 e. The molecule has 2 aliphatic heterocycles. The summed E-state index contributed by atoms with van der Waals surface area (Å²) >= 11 is 0. The van der Waals surface area contributed by atoms with Crippen LogP contribution in [0.15, 0.2) is 35.3 Å². The van der Waals surface area contributed by atoms with E-state index in [9.17, 15) is 13.6 Å². The van der Waals surface area contributed by atoms with Crippen LogP contribution >= 0.6 is 0 Å². The Morgan fingerprint density at radius 2 is 2.07 bits per heavy atom. The average molecular weight is 410 g/mol. The molecule has 30 heavy (non-hydrogen) atoms. The first-order valence-corrected chi connectivity index (χ1v) is 10.4. The lowest BCUT2D eigenvalue weighted by atomic mass is 9.94. The fraction of sp³-hybridized carbons (Fsp3) is 0.391. The number of allylic oxidation sites excluding steroid dienone is 1. The van der Waals surface area contributed by atoms with Crippen LogP contribution in [-0.4, -0.2) is 35.6 Å². The van der Waals surface area contributed by atoms with Crippen molar-refractivity contribution in [2.75, 3.05) is 11.9 Å². The van der Waals surface area contributed by atoms with Crippen molar-refractivity contribution in [3.8, 4) is 11.3 Å². The molecule has 0 bridgehead atoms. The van der Waals surface area contributed by atoms with E-state index in [2.05, 4.69) is 27.5 Å². The van der Waals surface area contributed by atoms with E-state index in [1.165, 1.54) is 0 Å². The van der Waals surface area contributed by atoms with Crippen LogP contribution in [0.3, 0.4) is 0 Å². The Kier molecular flexibility index (Phi) is 4.31. The summed E-state index contributed by atoms with van der Waals surface area (Å²) in [5.41, 5.74) is 7.02. The predicted molar refractivity (Wildman–Crippen MR) is 114 cm³/mol. The fourth-order valence-electron chi connectivity index (χ4n) is 4.57. The summed E-state index contributed by atoms with van der Waals surface area (Å²) in [6.45, 7) is 3.48. The summed E-state index contributed by atoms with van der Waals surface area (Å²) in [7, 11) is 0. The Balaban J connectivity index is 1.63. The molecule has 5 rings (SSSR count). The summed E-state index contributed by atoms with van der Waals surface area (Å²) in [6.07, 6.45) is 2.12. The molecular formula is C23H24F2N4O. The highest BCUT2D eigenvalue weighted by molar-refractivity contribution is 6.10. The lowest BCUT2D eigenvalue weighted by Gasteiger charge is -2.17. The van der Waals surface area contributed by atoms with Crippen LogP contribution in [0.25, 0.3) is 16.8 Å². The zero-order chi connectivity index (χ0) is 21.0. The number of benzene rings is 1. The third-order valence-corrected chi connectivity index (χ3v) is 6.25. The second-order valence-electron chi connectivity index (χ2n) is 8.28. The van der Waals surface area contributed by atoms with Crippen molar-refractivity contribution in [1.29, 1.82) is 0 Å². The molecule has 5 nitrogen and oxygen atoms in total. The molecule has 3 aliphatic rings. The monoisotopic (exact) mass is 410 g/mol. The van der Waals surface area contributed by atoms with Gasteiger partial charge in [-0.05, 0) is 50.0 Å². The molecule has 1 saturated carbocycles. The third-order valence-electron chi connectivity index (χ3n) is 6.25. The largest absolute Gasteiger partial charge is 0.376 e. The molecule has 3 N–H and O–H groups in total. The smallest absolute Gasteiger partial charge is 0.257 e.